The largest absolute Gasteiger partial charge is 0.508 e. The molecule has 1 aliphatic heterocycles. The van der Waals surface area contributed by atoms with Gasteiger partial charge in [-0.15, -0.1) is 0 Å². The number of phenols is 1. The minimum Gasteiger partial charge on any atom is -0.508 e. The molecule has 3 heteroatoms. The van der Waals surface area contributed by atoms with Gasteiger partial charge in [0.05, 0.1) is 0 Å². The molecule has 0 aromatic heterocycles. The Balaban J connectivity index is 2.15. The van der Waals surface area contributed by atoms with Crippen molar-refractivity contribution in [3.05, 3.63) is 18.2 Å². The highest BCUT2D eigenvalue weighted by molar-refractivity contribution is 5.45. The average Bonchev–Trinajstić information content (AvgIpc) is 2.19. The van der Waals surface area contributed by atoms with Crippen molar-refractivity contribution in [1.29, 1.82) is 0 Å². The Morgan fingerprint density at radius 2 is 2.29 bits per heavy atom. The van der Waals surface area contributed by atoms with Crippen molar-refractivity contribution in [2.75, 3.05) is 6.61 Å². The number of hydrogen-bond donors (Lipinski definition) is 1. The highest BCUT2D eigenvalue weighted by Gasteiger charge is 2.20. The summed E-state index contributed by atoms with van der Waals surface area (Å²) in [4.78, 5) is 0. The Bertz CT molecular complexity index is 322. The molecule has 1 aromatic rings. The van der Waals surface area contributed by atoms with Crippen LogP contribution in [0.3, 0.4) is 0 Å². The first-order valence-electron chi connectivity index (χ1n) is 4.92. The summed E-state index contributed by atoms with van der Waals surface area (Å²) >= 11 is 0. The van der Waals surface area contributed by atoms with E-state index in [1.165, 1.54) is 0 Å². The molecule has 0 bridgehead atoms. The van der Waals surface area contributed by atoms with E-state index in [2.05, 4.69) is 6.92 Å². The van der Waals surface area contributed by atoms with Crippen molar-refractivity contribution in [3.63, 3.8) is 0 Å². The fourth-order valence-corrected chi connectivity index (χ4v) is 1.57. The molecular weight excluding hydrogens is 180 g/mol. The van der Waals surface area contributed by atoms with Gasteiger partial charge >= 0.3 is 0 Å². The van der Waals surface area contributed by atoms with E-state index in [9.17, 15) is 5.11 Å². The van der Waals surface area contributed by atoms with Crippen LogP contribution in [0.1, 0.15) is 19.8 Å². The van der Waals surface area contributed by atoms with E-state index in [1.54, 1.807) is 18.2 Å². The lowest BCUT2D eigenvalue weighted by molar-refractivity contribution is 0.0840. The fraction of sp³-hybridized carbons (Fsp3) is 0.455. The molecule has 0 radical (unpaired) electrons. The van der Waals surface area contributed by atoms with Crippen molar-refractivity contribution < 1.29 is 14.6 Å². The summed E-state index contributed by atoms with van der Waals surface area (Å²) in [7, 11) is 0. The predicted octanol–water partition coefficient (Wildman–Crippen LogP) is 2.33. The summed E-state index contributed by atoms with van der Waals surface area (Å²) in [6.45, 7) is 2.69. The van der Waals surface area contributed by atoms with Gasteiger partial charge < -0.3 is 14.6 Å². The van der Waals surface area contributed by atoms with Crippen LogP contribution < -0.4 is 9.47 Å². The fourth-order valence-electron chi connectivity index (χ4n) is 1.57. The van der Waals surface area contributed by atoms with Crippen LogP contribution in [-0.4, -0.2) is 17.8 Å². The molecule has 0 saturated carbocycles. The Kier molecular flexibility index (Phi) is 2.48. The Hall–Kier alpha value is -1.38. The zero-order valence-corrected chi connectivity index (χ0v) is 8.19. The summed E-state index contributed by atoms with van der Waals surface area (Å²) in [6.07, 6.45) is 2.24. The van der Waals surface area contributed by atoms with Crippen LogP contribution in [0.15, 0.2) is 18.2 Å². The van der Waals surface area contributed by atoms with Gasteiger partial charge in [-0.05, 0) is 18.6 Å². The van der Waals surface area contributed by atoms with Crippen LogP contribution in [0, 0.1) is 0 Å². The van der Waals surface area contributed by atoms with E-state index < -0.39 is 0 Å². The molecule has 1 atom stereocenters. The Morgan fingerprint density at radius 1 is 1.43 bits per heavy atom. The van der Waals surface area contributed by atoms with Crippen molar-refractivity contribution in [2.45, 2.75) is 25.9 Å². The van der Waals surface area contributed by atoms with Gasteiger partial charge in [-0.2, -0.15) is 0 Å². The number of rotatable bonds is 2. The number of ether oxygens (including phenoxy) is 2. The Labute approximate surface area is 83.3 Å². The molecule has 2 rings (SSSR count). The van der Waals surface area contributed by atoms with Gasteiger partial charge in [0.1, 0.15) is 18.5 Å². The maximum absolute atomic E-state index is 9.22. The second kappa shape index (κ2) is 3.78. The number of aromatic hydroxyl groups is 1. The monoisotopic (exact) mass is 194 g/mol. The van der Waals surface area contributed by atoms with E-state index in [4.69, 9.17) is 9.47 Å². The van der Waals surface area contributed by atoms with Crippen LogP contribution in [0.5, 0.6) is 17.2 Å². The van der Waals surface area contributed by atoms with E-state index in [1.807, 2.05) is 0 Å². The molecule has 0 fully saturated rings. The van der Waals surface area contributed by atoms with Crippen LogP contribution in [0.2, 0.25) is 0 Å². The van der Waals surface area contributed by atoms with Gasteiger partial charge in [-0.3, -0.25) is 0 Å². The van der Waals surface area contributed by atoms with E-state index in [-0.39, 0.29) is 11.9 Å². The summed E-state index contributed by atoms with van der Waals surface area (Å²) in [6, 6.07) is 4.93. The zero-order chi connectivity index (χ0) is 9.97. The van der Waals surface area contributed by atoms with Gasteiger partial charge in [0.15, 0.2) is 11.5 Å². The van der Waals surface area contributed by atoms with Gasteiger partial charge in [0.25, 0.3) is 0 Å². The van der Waals surface area contributed by atoms with Crippen molar-refractivity contribution in [2.24, 2.45) is 0 Å². The molecule has 0 saturated heterocycles. The molecule has 1 N–H and O–H groups in total. The zero-order valence-electron chi connectivity index (χ0n) is 8.19. The van der Waals surface area contributed by atoms with Crippen LogP contribution in [0.25, 0.3) is 0 Å². The normalized spacial score (nSPS) is 19.4. The molecule has 14 heavy (non-hydrogen) atoms. The van der Waals surface area contributed by atoms with Crippen molar-refractivity contribution in [3.8, 4) is 17.2 Å². The van der Waals surface area contributed by atoms with Crippen LogP contribution >= 0.6 is 0 Å². The number of hydrogen-bond acceptors (Lipinski definition) is 3. The summed E-state index contributed by atoms with van der Waals surface area (Å²) in [5.41, 5.74) is 0. The van der Waals surface area contributed by atoms with E-state index >= 15 is 0 Å². The highest BCUT2D eigenvalue weighted by Crippen LogP contribution is 2.35. The summed E-state index contributed by atoms with van der Waals surface area (Å²) in [5, 5.41) is 9.22. The maximum Gasteiger partial charge on any atom is 0.165 e. The lowest BCUT2D eigenvalue weighted by Gasteiger charge is -2.26. The van der Waals surface area contributed by atoms with E-state index in [0.717, 1.165) is 18.6 Å². The standard InChI is InChI=1S/C11H14O3/c1-2-3-9-7-13-11-6-8(12)4-5-10(11)14-9/h4-6,9,12H,2-3,7H2,1H3. The third-order valence-electron chi connectivity index (χ3n) is 2.26. The molecule has 0 aliphatic carbocycles. The van der Waals surface area contributed by atoms with Gasteiger partial charge in [0.2, 0.25) is 0 Å². The highest BCUT2D eigenvalue weighted by atomic mass is 16.6. The molecule has 1 aromatic carbocycles. The van der Waals surface area contributed by atoms with Gasteiger partial charge in [-0.25, -0.2) is 0 Å². The molecule has 0 amide bonds. The van der Waals surface area contributed by atoms with Gasteiger partial charge in [0, 0.05) is 6.07 Å². The summed E-state index contributed by atoms with van der Waals surface area (Å²) < 4.78 is 11.2. The molecule has 1 unspecified atom stereocenters. The third-order valence-corrected chi connectivity index (χ3v) is 2.26. The minimum absolute atomic E-state index is 0.150. The molecule has 1 heterocycles. The first-order valence-corrected chi connectivity index (χ1v) is 4.92. The average molecular weight is 194 g/mol. The van der Waals surface area contributed by atoms with Crippen molar-refractivity contribution >= 4 is 0 Å². The Morgan fingerprint density at radius 3 is 3.07 bits per heavy atom. The maximum atomic E-state index is 9.22. The van der Waals surface area contributed by atoms with Crippen LogP contribution in [-0.2, 0) is 0 Å². The van der Waals surface area contributed by atoms with Gasteiger partial charge in [-0.1, -0.05) is 13.3 Å². The van der Waals surface area contributed by atoms with Crippen LogP contribution in [0.4, 0.5) is 0 Å². The first-order chi connectivity index (χ1) is 6.79. The number of benzene rings is 1. The topological polar surface area (TPSA) is 38.7 Å². The molecule has 76 valence electrons. The first kappa shape index (κ1) is 9.19. The third kappa shape index (κ3) is 1.76. The quantitative estimate of drug-likeness (QED) is 0.785. The smallest absolute Gasteiger partial charge is 0.165 e. The number of fused-ring (bicyclic) bond motifs is 1. The number of phenolic OH excluding ortho intramolecular Hbond substituents is 1. The second-order valence-corrected chi connectivity index (χ2v) is 3.47. The molecule has 1 aliphatic rings. The minimum atomic E-state index is 0.150. The lowest BCUT2D eigenvalue weighted by Crippen LogP contribution is -2.28. The van der Waals surface area contributed by atoms with E-state index in [0.29, 0.717) is 12.4 Å². The predicted molar refractivity (Wildman–Crippen MR) is 52.9 cm³/mol. The van der Waals surface area contributed by atoms with Crippen molar-refractivity contribution in [1.82, 2.24) is 0 Å². The second-order valence-electron chi connectivity index (χ2n) is 3.47. The molecule has 0 spiro atoms. The molecule has 3 nitrogen and oxygen atoms in total. The SMILES string of the molecule is CCCC1COc2cc(O)ccc2O1. The molecular formula is C11H14O3. The summed E-state index contributed by atoms with van der Waals surface area (Å²) in [5.74, 6) is 1.58. The lowest BCUT2D eigenvalue weighted by atomic mass is 10.2.